The molecule has 17 heavy (non-hydrogen) atoms. The average molecular weight is 244 g/mol. The Morgan fingerprint density at radius 3 is 2.35 bits per heavy atom. The van der Waals surface area contributed by atoms with E-state index in [9.17, 15) is 4.79 Å². The van der Waals surface area contributed by atoms with Gasteiger partial charge in [-0.25, -0.2) is 4.79 Å². The van der Waals surface area contributed by atoms with Crippen molar-refractivity contribution in [3.05, 3.63) is 0 Å². The highest BCUT2D eigenvalue weighted by Gasteiger charge is 2.21. The van der Waals surface area contributed by atoms with Gasteiger partial charge in [0, 0.05) is 19.6 Å². The maximum absolute atomic E-state index is 11.9. The molecule has 4 heteroatoms. The molecule has 1 amide bonds. The van der Waals surface area contributed by atoms with Crippen molar-refractivity contribution >= 4 is 6.09 Å². The largest absolute Gasteiger partial charge is 0.444 e. The van der Waals surface area contributed by atoms with Gasteiger partial charge in [0.25, 0.3) is 0 Å². The normalized spacial score (nSPS) is 11.4. The van der Waals surface area contributed by atoms with E-state index in [1.807, 2.05) is 27.8 Å². The number of hydrogen-bond acceptors (Lipinski definition) is 3. The van der Waals surface area contributed by atoms with Gasteiger partial charge in [-0.05, 0) is 34.2 Å². The summed E-state index contributed by atoms with van der Waals surface area (Å²) in [4.78, 5) is 13.7. The van der Waals surface area contributed by atoms with Crippen LogP contribution in [0.1, 0.15) is 47.0 Å². The summed E-state index contributed by atoms with van der Waals surface area (Å²) in [5, 5.41) is 3.06. The minimum absolute atomic E-state index is 0.205. The smallest absolute Gasteiger partial charge is 0.410 e. The van der Waals surface area contributed by atoms with Crippen LogP contribution >= 0.6 is 0 Å². The molecule has 0 spiro atoms. The van der Waals surface area contributed by atoms with Gasteiger partial charge in [0.05, 0.1) is 0 Å². The minimum atomic E-state index is -0.417. The Morgan fingerprint density at radius 1 is 1.24 bits per heavy atom. The van der Waals surface area contributed by atoms with Crippen LogP contribution in [0.15, 0.2) is 0 Å². The van der Waals surface area contributed by atoms with Crippen LogP contribution < -0.4 is 5.32 Å². The van der Waals surface area contributed by atoms with Crippen molar-refractivity contribution < 1.29 is 9.53 Å². The number of unbranched alkanes of at least 4 members (excludes halogenated alkanes) is 2. The Kier molecular flexibility index (Phi) is 7.96. The highest BCUT2D eigenvalue weighted by molar-refractivity contribution is 5.68. The molecule has 0 aromatic heterocycles. The summed E-state index contributed by atoms with van der Waals surface area (Å²) in [7, 11) is 1.89. The first kappa shape index (κ1) is 16.2. The second-order valence-corrected chi connectivity index (χ2v) is 5.28. The zero-order valence-electron chi connectivity index (χ0n) is 12.0. The maximum Gasteiger partial charge on any atom is 0.410 e. The van der Waals surface area contributed by atoms with Crippen LogP contribution in [-0.2, 0) is 4.74 Å². The number of nitrogens with zero attached hydrogens (tertiary/aromatic N) is 1. The summed E-state index contributed by atoms with van der Waals surface area (Å²) in [6.45, 7) is 10.1. The highest BCUT2D eigenvalue weighted by atomic mass is 16.6. The molecule has 1 N–H and O–H groups in total. The molecule has 0 unspecified atom stereocenters. The summed E-state index contributed by atoms with van der Waals surface area (Å²) in [6.07, 6.45) is 3.15. The van der Waals surface area contributed by atoms with Gasteiger partial charge in [0.1, 0.15) is 5.60 Å². The number of likely N-dealkylation sites (N-methyl/N-ethyl adjacent to an activating group) is 1. The lowest BCUT2D eigenvalue weighted by molar-refractivity contribution is 0.0249. The molecule has 0 bridgehead atoms. The van der Waals surface area contributed by atoms with E-state index in [0.717, 1.165) is 32.4 Å². The van der Waals surface area contributed by atoms with Crippen LogP contribution in [-0.4, -0.2) is 43.3 Å². The van der Waals surface area contributed by atoms with Crippen molar-refractivity contribution in [2.45, 2.75) is 52.6 Å². The van der Waals surface area contributed by atoms with E-state index in [-0.39, 0.29) is 6.09 Å². The monoisotopic (exact) mass is 244 g/mol. The molecular weight excluding hydrogens is 216 g/mol. The van der Waals surface area contributed by atoms with Crippen molar-refractivity contribution in [1.82, 2.24) is 10.2 Å². The van der Waals surface area contributed by atoms with Crippen molar-refractivity contribution in [2.75, 3.05) is 26.7 Å². The van der Waals surface area contributed by atoms with Crippen molar-refractivity contribution in [2.24, 2.45) is 0 Å². The number of ether oxygens (including phenoxy) is 1. The fraction of sp³-hybridized carbons (Fsp3) is 0.923. The zero-order chi connectivity index (χ0) is 13.3. The third kappa shape index (κ3) is 8.98. The Labute approximate surface area is 106 Å². The van der Waals surface area contributed by atoms with Crippen LogP contribution in [0.3, 0.4) is 0 Å². The second-order valence-electron chi connectivity index (χ2n) is 5.28. The minimum Gasteiger partial charge on any atom is -0.444 e. The summed E-state index contributed by atoms with van der Waals surface area (Å²) in [5.41, 5.74) is -0.417. The van der Waals surface area contributed by atoms with Crippen molar-refractivity contribution in [3.63, 3.8) is 0 Å². The summed E-state index contributed by atoms with van der Waals surface area (Å²) in [5.74, 6) is 0. The molecule has 0 radical (unpaired) electrons. The lowest BCUT2D eigenvalue weighted by Crippen LogP contribution is -2.40. The Hall–Kier alpha value is -0.770. The van der Waals surface area contributed by atoms with E-state index in [1.54, 1.807) is 4.90 Å². The predicted molar refractivity (Wildman–Crippen MR) is 71.3 cm³/mol. The Balaban J connectivity index is 4.19. The van der Waals surface area contributed by atoms with Crippen LogP contribution in [0.2, 0.25) is 0 Å². The number of carbonyl (C=O) groups is 1. The molecule has 102 valence electrons. The molecule has 0 saturated carbocycles. The summed E-state index contributed by atoms with van der Waals surface area (Å²) < 4.78 is 5.39. The van der Waals surface area contributed by atoms with E-state index in [0.29, 0.717) is 6.54 Å². The summed E-state index contributed by atoms with van der Waals surface area (Å²) in [6, 6.07) is 0. The number of hydrogen-bond donors (Lipinski definition) is 1. The van der Waals surface area contributed by atoms with Crippen LogP contribution in [0.5, 0.6) is 0 Å². The molecule has 0 fully saturated rings. The van der Waals surface area contributed by atoms with Gasteiger partial charge in [-0.3, -0.25) is 0 Å². The molecule has 0 aromatic carbocycles. The molecule has 0 aliphatic rings. The molecule has 0 rings (SSSR count). The maximum atomic E-state index is 11.9. The highest BCUT2D eigenvalue weighted by Crippen LogP contribution is 2.10. The van der Waals surface area contributed by atoms with Gasteiger partial charge in [0.15, 0.2) is 0 Å². The van der Waals surface area contributed by atoms with Crippen LogP contribution in [0.25, 0.3) is 0 Å². The molecule has 0 atom stereocenters. The standard InChI is InChI=1S/C13H28N2O2/c1-6-7-8-10-15(11-9-14-5)12(16)17-13(2,3)4/h14H,6-11H2,1-5H3. The van der Waals surface area contributed by atoms with E-state index >= 15 is 0 Å². The third-order valence-corrected chi connectivity index (χ3v) is 2.32. The van der Waals surface area contributed by atoms with Gasteiger partial charge >= 0.3 is 6.09 Å². The molecule has 0 aliphatic carbocycles. The topological polar surface area (TPSA) is 41.6 Å². The van der Waals surface area contributed by atoms with Gasteiger partial charge < -0.3 is 15.0 Å². The number of nitrogens with one attached hydrogen (secondary N) is 1. The molecule has 0 heterocycles. The molecule has 0 saturated heterocycles. The summed E-state index contributed by atoms with van der Waals surface area (Å²) >= 11 is 0. The molecular formula is C13H28N2O2. The number of rotatable bonds is 7. The van der Waals surface area contributed by atoms with E-state index in [1.165, 1.54) is 0 Å². The van der Waals surface area contributed by atoms with Gasteiger partial charge in [-0.2, -0.15) is 0 Å². The van der Waals surface area contributed by atoms with Gasteiger partial charge in [-0.1, -0.05) is 19.8 Å². The van der Waals surface area contributed by atoms with Crippen molar-refractivity contribution in [1.29, 1.82) is 0 Å². The fourth-order valence-corrected chi connectivity index (χ4v) is 1.42. The Morgan fingerprint density at radius 2 is 1.88 bits per heavy atom. The first-order valence-corrected chi connectivity index (χ1v) is 6.53. The molecule has 0 aromatic rings. The average Bonchev–Trinajstić information content (AvgIpc) is 2.20. The number of carbonyl (C=O) groups excluding carboxylic acids is 1. The zero-order valence-corrected chi connectivity index (χ0v) is 12.0. The van der Waals surface area contributed by atoms with E-state index < -0.39 is 5.60 Å². The lowest BCUT2D eigenvalue weighted by Gasteiger charge is -2.27. The SMILES string of the molecule is CCCCCN(CCNC)C(=O)OC(C)(C)C. The van der Waals surface area contributed by atoms with Crippen molar-refractivity contribution in [3.8, 4) is 0 Å². The van der Waals surface area contributed by atoms with E-state index in [4.69, 9.17) is 4.74 Å². The fourth-order valence-electron chi connectivity index (χ4n) is 1.42. The Bertz CT molecular complexity index is 212. The first-order valence-electron chi connectivity index (χ1n) is 6.53. The molecule has 4 nitrogen and oxygen atoms in total. The van der Waals surface area contributed by atoms with Crippen LogP contribution in [0.4, 0.5) is 4.79 Å². The van der Waals surface area contributed by atoms with E-state index in [2.05, 4.69) is 12.2 Å². The first-order chi connectivity index (χ1) is 7.90. The number of amides is 1. The van der Waals surface area contributed by atoms with Crippen LogP contribution in [0, 0.1) is 0 Å². The molecule has 0 aliphatic heterocycles. The lowest BCUT2D eigenvalue weighted by atomic mass is 10.2. The van der Waals surface area contributed by atoms with Gasteiger partial charge in [-0.15, -0.1) is 0 Å². The second kappa shape index (κ2) is 8.34. The predicted octanol–water partition coefficient (Wildman–Crippen LogP) is 2.63. The van der Waals surface area contributed by atoms with Gasteiger partial charge in [0.2, 0.25) is 0 Å². The quantitative estimate of drug-likeness (QED) is 0.700. The third-order valence-electron chi connectivity index (χ3n) is 2.32.